The predicted molar refractivity (Wildman–Crippen MR) is 155 cm³/mol. The van der Waals surface area contributed by atoms with Crippen molar-refractivity contribution in [3.05, 3.63) is 42.2 Å². The number of sulfone groups is 1. The summed E-state index contributed by atoms with van der Waals surface area (Å²) < 4.78 is 48.9. The molecule has 1 aromatic carbocycles. The standard InChI is InChI=1S/C28H37FN6O4S/c1-17(2)19-6-7-23(34-12-18(13-34)16-40(5,36)37)21-11-31-26(10-20(19)21)32-25-8-9-30-28(33-25)35-14-22(29)27(39-4)24(15-35)38-3/h6-11,17-18,22,24,27H,12-16H2,1-5H3,(H,30,31,32,33)/t22-,24+,27-/m0/s1. The Morgan fingerprint density at radius 2 is 1.80 bits per heavy atom. The van der Waals surface area contributed by atoms with Gasteiger partial charge in [-0.2, -0.15) is 4.98 Å². The molecule has 3 atom stereocenters. The van der Waals surface area contributed by atoms with E-state index in [0.717, 1.165) is 16.5 Å². The molecule has 3 aromatic rings. The topological polar surface area (TPSA) is 110 Å². The molecule has 0 aliphatic carbocycles. The fourth-order valence-corrected chi connectivity index (χ4v) is 6.78. The summed E-state index contributed by atoms with van der Waals surface area (Å²) in [5, 5.41) is 5.39. The SMILES string of the molecule is CO[C@H]1[C@@H](F)CN(c2nccc(Nc3cc4c(C(C)C)ccc(N5CC(CS(C)(=O)=O)C5)c4cn3)n2)C[C@H]1OC. The van der Waals surface area contributed by atoms with Crippen LogP contribution in [0.5, 0.6) is 0 Å². The first-order chi connectivity index (χ1) is 19.1. The highest BCUT2D eigenvalue weighted by atomic mass is 32.2. The average molecular weight is 573 g/mol. The van der Waals surface area contributed by atoms with Gasteiger partial charge in [0.2, 0.25) is 5.95 Å². The number of hydrogen-bond donors (Lipinski definition) is 1. The number of pyridine rings is 1. The second-order valence-corrected chi connectivity index (χ2v) is 13.3. The molecular weight excluding hydrogens is 535 g/mol. The number of halogens is 1. The molecule has 1 N–H and O–H groups in total. The molecule has 0 unspecified atom stereocenters. The van der Waals surface area contributed by atoms with Gasteiger partial charge in [-0.25, -0.2) is 22.8 Å². The van der Waals surface area contributed by atoms with Crippen LogP contribution in [0, 0.1) is 5.92 Å². The van der Waals surface area contributed by atoms with Crippen LogP contribution in [0.15, 0.2) is 36.7 Å². The van der Waals surface area contributed by atoms with Gasteiger partial charge in [0.25, 0.3) is 0 Å². The lowest BCUT2D eigenvalue weighted by Gasteiger charge is -2.41. The summed E-state index contributed by atoms with van der Waals surface area (Å²) in [6.07, 6.45) is 2.48. The second-order valence-electron chi connectivity index (χ2n) is 11.1. The molecule has 40 heavy (non-hydrogen) atoms. The monoisotopic (exact) mass is 572 g/mol. The van der Waals surface area contributed by atoms with E-state index < -0.39 is 28.2 Å². The number of ether oxygens (including phenoxy) is 2. The molecule has 0 radical (unpaired) electrons. The summed E-state index contributed by atoms with van der Waals surface area (Å²) in [7, 11) is 0.0373. The fourth-order valence-electron chi connectivity index (χ4n) is 5.71. The zero-order valence-corrected chi connectivity index (χ0v) is 24.4. The summed E-state index contributed by atoms with van der Waals surface area (Å²) >= 11 is 0. The van der Waals surface area contributed by atoms with Crippen LogP contribution in [0.4, 0.5) is 27.7 Å². The number of nitrogens with one attached hydrogen (secondary N) is 1. The van der Waals surface area contributed by atoms with Crippen LogP contribution >= 0.6 is 0 Å². The molecule has 0 spiro atoms. The van der Waals surface area contributed by atoms with E-state index in [1.165, 1.54) is 18.9 Å². The summed E-state index contributed by atoms with van der Waals surface area (Å²) in [6, 6.07) is 8.02. The van der Waals surface area contributed by atoms with E-state index in [-0.39, 0.29) is 18.2 Å². The Balaban J connectivity index is 1.38. The number of nitrogens with zero attached hydrogens (tertiary/aromatic N) is 5. The minimum atomic E-state index is -3.00. The maximum atomic E-state index is 14.8. The minimum absolute atomic E-state index is 0.109. The minimum Gasteiger partial charge on any atom is -0.377 e. The summed E-state index contributed by atoms with van der Waals surface area (Å²) in [6.45, 7) is 6.24. The van der Waals surface area contributed by atoms with Gasteiger partial charge in [0, 0.05) is 69.5 Å². The fraction of sp³-hybridized carbons (Fsp3) is 0.536. The molecule has 0 bridgehead atoms. The molecule has 12 heteroatoms. The highest BCUT2D eigenvalue weighted by Crippen LogP contribution is 2.37. The second kappa shape index (κ2) is 11.4. The van der Waals surface area contributed by atoms with Crippen LogP contribution in [0.3, 0.4) is 0 Å². The third-order valence-corrected chi connectivity index (χ3v) is 8.72. The van der Waals surface area contributed by atoms with Crippen LogP contribution in [-0.4, -0.2) is 94.2 Å². The van der Waals surface area contributed by atoms with Gasteiger partial charge in [-0.05, 0) is 35.1 Å². The number of piperidine rings is 1. The third kappa shape index (κ3) is 5.98. The number of methoxy groups -OCH3 is 2. The molecule has 4 heterocycles. The lowest BCUT2D eigenvalue weighted by molar-refractivity contribution is -0.0794. The molecule has 2 aliphatic rings. The van der Waals surface area contributed by atoms with Crippen LogP contribution in [-0.2, 0) is 19.3 Å². The number of alkyl halides is 1. The number of benzene rings is 1. The van der Waals surface area contributed by atoms with Gasteiger partial charge in [0.15, 0.2) is 0 Å². The highest BCUT2D eigenvalue weighted by Gasteiger charge is 2.38. The Morgan fingerprint density at radius 1 is 1.02 bits per heavy atom. The van der Waals surface area contributed by atoms with Crippen molar-refractivity contribution in [3.63, 3.8) is 0 Å². The van der Waals surface area contributed by atoms with Crippen molar-refractivity contribution in [2.45, 2.75) is 38.1 Å². The van der Waals surface area contributed by atoms with Crippen LogP contribution in [0.2, 0.25) is 0 Å². The molecule has 10 nitrogen and oxygen atoms in total. The molecule has 5 rings (SSSR count). The normalized spacial score (nSPS) is 22.1. The van der Waals surface area contributed by atoms with Crippen molar-refractivity contribution >= 4 is 43.9 Å². The number of anilines is 4. The summed E-state index contributed by atoms with van der Waals surface area (Å²) in [5.41, 5.74) is 2.25. The van der Waals surface area contributed by atoms with Gasteiger partial charge in [-0.3, -0.25) is 0 Å². The van der Waals surface area contributed by atoms with Gasteiger partial charge in [0.05, 0.1) is 12.3 Å². The molecule has 0 saturated carbocycles. The Morgan fingerprint density at radius 3 is 2.48 bits per heavy atom. The Bertz CT molecular complexity index is 1470. The van der Waals surface area contributed by atoms with Crippen molar-refractivity contribution in [3.8, 4) is 0 Å². The maximum absolute atomic E-state index is 14.8. The van der Waals surface area contributed by atoms with Gasteiger partial charge in [0.1, 0.15) is 39.9 Å². The molecule has 2 aliphatic heterocycles. The smallest absolute Gasteiger partial charge is 0.227 e. The quantitative estimate of drug-likeness (QED) is 0.409. The Kier molecular flexibility index (Phi) is 8.12. The molecular formula is C28H37FN6O4S. The van der Waals surface area contributed by atoms with Crippen molar-refractivity contribution in [1.29, 1.82) is 0 Å². The van der Waals surface area contributed by atoms with Gasteiger partial charge < -0.3 is 24.6 Å². The van der Waals surface area contributed by atoms with Gasteiger partial charge in [-0.15, -0.1) is 0 Å². The number of rotatable bonds is 9. The van der Waals surface area contributed by atoms with Crippen molar-refractivity contribution < 1.29 is 22.3 Å². The van der Waals surface area contributed by atoms with E-state index in [1.807, 2.05) is 12.3 Å². The molecule has 0 amide bonds. The van der Waals surface area contributed by atoms with Crippen molar-refractivity contribution in [1.82, 2.24) is 15.0 Å². The lowest BCUT2D eigenvalue weighted by atomic mass is 9.93. The first-order valence-corrected chi connectivity index (χ1v) is 15.5. The van der Waals surface area contributed by atoms with E-state index in [9.17, 15) is 12.8 Å². The first-order valence-electron chi connectivity index (χ1n) is 13.5. The van der Waals surface area contributed by atoms with Gasteiger partial charge >= 0.3 is 0 Å². The number of hydrogen-bond acceptors (Lipinski definition) is 10. The number of aromatic nitrogens is 3. The molecule has 216 valence electrons. The Hall–Kier alpha value is -3.09. The van der Waals surface area contributed by atoms with Crippen molar-refractivity contribution in [2.75, 3.05) is 67.5 Å². The van der Waals surface area contributed by atoms with Crippen LogP contribution < -0.4 is 15.1 Å². The third-order valence-electron chi connectivity index (χ3n) is 7.64. The molecule has 2 saturated heterocycles. The van der Waals surface area contributed by atoms with E-state index in [0.29, 0.717) is 43.1 Å². The van der Waals surface area contributed by atoms with E-state index in [2.05, 4.69) is 51.1 Å². The molecule has 2 fully saturated rings. The number of fused-ring (bicyclic) bond motifs is 1. The van der Waals surface area contributed by atoms with Gasteiger partial charge in [-0.1, -0.05) is 19.9 Å². The van der Waals surface area contributed by atoms with Crippen LogP contribution in [0.1, 0.15) is 25.3 Å². The average Bonchev–Trinajstić information content (AvgIpc) is 2.89. The summed E-state index contributed by atoms with van der Waals surface area (Å²) in [5.74, 6) is 2.22. The predicted octanol–water partition coefficient (Wildman–Crippen LogP) is 3.56. The zero-order chi connectivity index (χ0) is 28.6. The van der Waals surface area contributed by atoms with Crippen molar-refractivity contribution in [2.24, 2.45) is 5.92 Å². The lowest BCUT2D eigenvalue weighted by Crippen LogP contribution is -2.55. The van der Waals surface area contributed by atoms with E-state index >= 15 is 0 Å². The zero-order valence-electron chi connectivity index (χ0n) is 23.5. The highest BCUT2D eigenvalue weighted by molar-refractivity contribution is 7.90. The maximum Gasteiger partial charge on any atom is 0.227 e. The summed E-state index contributed by atoms with van der Waals surface area (Å²) in [4.78, 5) is 17.7. The first kappa shape index (κ1) is 28.4. The van der Waals surface area contributed by atoms with E-state index in [1.54, 1.807) is 24.3 Å². The molecule has 2 aromatic heterocycles. The largest absolute Gasteiger partial charge is 0.377 e. The van der Waals surface area contributed by atoms with E-state index in [4.69, 9.17) is 9.47 Å². The Labute approximate surface area is 234 Å². The van der Waals surface area contributed by atoms with Crippen LogP contribution in [0.25, 0.3) is 10.8 Å².